The minimum Gasteiger partial charge on any atom is -0.354 e. The van der Waals surface area contributed by atoms with Crippen LogP contribution in [0.1, 0.15) is 27.9 Å². The van der Waals surface area contributed by atoms with Crippen molar-refractivity contribution < 1.29 is 18.0 Å². The number of piperazine rings is 1. The summed E-state index contributed by atoms with van der Waals surface area (Å²) in [7, 11) is 0. The Balaban J connectivity index is 1.47. The van der Waals surface area contributed by atoms with Gasteiger partial charge in [0.15, 0.2) is 0 Å². The van der Waals surface area contributed by atoms with Crippen LogP contribution in [0.3, 0.4) is 0 Å². The lowest BCUT2D eigenvalue weighted by Gasteiger charge is -2.34. The minimum absolute atomic E-state index is 0.194. The minimum atomic E-state index is -4.40. The summed E-state index contributed by atoms with van der Waals surface area (Å²) >= 11 is 1.11. The molecule has 3 heterocycles. The highest BCUT2D eigenvalue weighted by Gasteiger charge is 2.30. The van der Waals surface area contributed by atoms with Crippen molar-refractivity contribution in [2.24, 2.45) is 0 Å². The summed E-state index contributed by atoms with van der Waals surface area (Å²) in [6.45, 7) is 8.44. The van der Waals surface area contributed by atoms with E-state index in [9.17, 15) is 18.0 Å². The van der Waals surface area contributed by atoms with Crippen LogP contribution in [0.5, 0.6) is 0 Å². The second-order valence-electron chi connectivity index (χ2n) is 7.62. The first-order chi connectivity index (χ1) is 15.7. The summed E-state index contributed by atoms with van der Waals surface area (Å²) in [5.74, 6) is 0.540. The van der Waals surface area contributed by atoms with Crippen molar-refractivity contribution in [2.75, 3.05) is 42.9 Å². The van der Waals surface area contributed by atoms with E-state index in [4.69, 9.17) is 0 Å². The molecule has 0 aliphatic carbocycles. The molecule has 1 aromatic carbocycles. The topological polar surface area (TPSA) is 74.2 Å². The van der Waals surface area contributed by atoms with E-state index in [-0.39, 0.29) is 5.95 Å². The molecule has 33 heavy (non-hydrogen) atoms. The van der Waals surface area contributed by atoms with Crippen molar-refractivity contribution >= 4 is 29.0 Å². The molecule has 11 heteroatoms. The second-order valence-corrected chi connectivity index (χ2v) is 8.62. The highest BCUT2D eigenvalue weighted by molar-refractivity contribution is 7.17. The van der Waals surface area contributed by atoms with E-state index in [0.29, 0.717) is 21.1 Å². The van der Waals surface area contributed by atoms with Crippen LogP contribution in [0.25, 0.3) is 10.6 Å². The van der Waals surface area contributed by atoms with Crippen LogP contribution in [-0.4, -0.2) is 58.5 Å². The summed E-state index contributed by atoms with van der Waals surface area (Å²) in [5, 5.41) is 3.18. The fourth-order valence-corrected chi connectivity index (χ4v) is 4.54. The summed E-state index contributed by atoms with van der Waals surface area (Å²) < 4.78 is 38.4. The number of hydrogen-bond acceptors (Lipinski definition) is 7. The van der Waals surface area contributed by atoms with Crippen molar-refractivity contribution in [3.8, 4) is 10.6 Å². The number of halogens is 3. The number of alkyl halides is 3. The van der Waals surface area contributed by atoms with E-state index in [2.05, 4.69) is 37.0 Å². The van der Waals surface area contributed by atoms with Crippen molar-refractivity contribution in [3.63, 3.8) is 0 Å². The molecule has 0 radical (unpaired) electrons. The summed E-state index contributed by atoms with van der Waals surface area (Å²) in [6.07, 6.45) is -2.79. The Labute approximate surface area is 193 Å². The molecule has 1 fully saturated rings. The lowest BCUT2D eigenvalue weighted by molar-refractivity contribution is -0.137. The van der Waals surface area contributed by atoms with Gasteiger partial charge < -0.3 is 9.80 Å². The Bertz CT molecular complexity index is 1120. The molecular formula is C22H23F3N6OS. The Hall–Kier alpha value is -3.05. The zero-order valence-electron chi connectivity index (χ0n) is 18.2. The average Bonchev–Trinajstić information content (AvgIpc) is 3.20. The standard InChI is InChI=1S/C22H23F3N6OS/c1-3-30-10-12-31(13-11-30)17-8-9-26-21(28-17)29-19(32)18-14(2)27-20(33-18)15-4-6-16(7-5-15)22(23,24)25/h4-9H,3,10-13H2,1-2H3,(H,26,28,29,32). The van der Waals surface area contributed by atoms with E-state index in [1.54, 1.807) is 13.1 Å². The zero-order chi connectivity index (χ0) is 23.6. The predicted octanol–water partition coefficient (Wildman–Crippen LogP) is 4.32. The van der Waals surface area contributed by atoms with E-state index >= 15 is 0 Å². The fourth-order valence-electron chi connectivity index (χ4n) is 3.57. The molecule has 1 aliphatic heterocycles. The monoisotopic (exact) mass is 476 g/mol. The van der Waals surface area contributed by atoms with Crippen LogP contribution < -0.4 is 10.2 Å². The Morgan fingerprint density at radius 1 is 1.09 bits per heavy atom. The number of rotatable bonds is 5. The second kappa shape index (κ2) is 9.44. The summed E-state index contributed by atoms with van der Waals surface area (Å²) in [5.41, 5.74) is 0.268. The molecule has 0 bridgehead atoms. The maximum Gasteiger partial charge on any atom is 0.416 e. The molecular weight excluding hydrogens is 453 g/mol. The van der Waals surface area contributed by atoms with Crippen molar-refractivity contribution in [1.82, 2.24) is 19.9 Å². The van der Waals surface area contributed by atoms with E-state index < -0.39 is 17.6 Å². The molecule has 0 unspecified atom stereocenters. The van der Waals surface area contributed by atoms with Crippen LogP contribution in [0.2, 0.25) is 0 Å². The quantitative estimate of drug-likeness (QED) is 0.591. The SMILES string of the molecule is CCN1CCN(c2ccnc(NC(=O)c3sc(-c4ccc(C(F)(F)F)cc4)nc3C)n2)CC1. The number of carbonyl (C=O) groups is 1. The van der Waals surface area contributed by atoms with Gasteiger partial charge in [0.1, 0.15) is 15.7 Å². The van der Waals surface area contributed by atoms with Gasteiger partial charge in [-0.25, -0.2) is 9.97 Å². The molecule has 0 atom stereocenters. The Morgan fingerprint density at radius 2 is 1.79 bits per heavy atom. The normalized spacial score (nSPS) is 15.0. The first kappa shape index (κ1) is 23.1. The van der Waals surface area contributed by atoms with Crippen molar-refractivity contribution in [3.05, 3.63) is 52.7 Å². The molecule has 1 N–H and O–H groups in total. The number of aryl methyl sites for hydroxylation is 1. The number of carbonyl (C=O) groups excluding carboxylic acids is 1. The number of aromatic nitrogens is 3. The maximum atomic E-state index is 12.8. The smallest absolute Gasteiger partial charge is 0.354 e. The highest BCUT2D eigenvalue weighted by atomic mass is 32.1. The van der Waals surface area contributed by atoms with Crippen LogP contribution in [0.15, 0.2) is 36.5 Å². The number of nitrogens with one attached hydrogen (secondary N) is 1. The first-order valence-electron chi connectivity index (χ1n) is 10.5. The number of nitrogens with zero attached hydrogens (tertiary/aromatic N) is 5. The van der Waals surface area contributed by atoms with Gasteiger partial charge in [-0.2, -0.15) is 18.2 Å². The number of anilines is 2. The molecule has 2 aromatic heterocycles. The van der Waals surface area contributed by atoms with E-state index in [0.717, 1.165) is 62.0 Å². The molecule has 1 amide bonds. The lowest BCUT2D eigenvalue weighted by Crippen LogP contribution is -2.46. The van der Waals surface area contributed by atoms with Gasteiger partial charge in [0.2, 0.25) is 5.95 Å². The van der Waals surface area contributed by atoms with Crippen LogP contribution in [-0.2, 0) is 6.18 Å². The van der Waals surface area contributed by atoms with Gasteiger partial charge in [-0.15, -0.1) is 11.3 Å². The van der Waals surface area contributed by atoms with Crippen molar-refractivity contribution in [2.45, 2.75) is 20.0 Å². The number of benzene rings is 1. The van der Waals surface area contributed by atoms with Gasteiger partial charge in [-0.3, -0.25) is 10.1 Å². The lowest BCUT2D eigenvalue weighted by atomic mass is 10.1. The van der Waals surface area contributed by atoms with Crippen LogP contribution >= 0.6 is 11.3 Å². The van der Waals surface area contributed by atoms with Gasteiger partial charge in [0.25, 0.3) is 5.91 Å². The van der Waals surface area contributed by atoms with Gasteiger partial charge >= 0.3 is 6.18 Å². The molecule has 174 valence electrons. The molecule has 7 nitrogen and oxygen atoms in total. The first-order valence-corrected chi connectivity index (χ1v) is 11.3. The molecule has 0 spiro atoms. The number of likely N-dealkylation sites (N-methyl/N-ethyl adjacent to an activating group) is 1. The van der Waals surface area contributed by atoms with Gasteiger partial charge in [0, 0.05) is 37.9 Å². The van der Waals surface area contributed by atoms with Gasteiger partial charge in [0.05, 0.1) is 11.3 Å². The Morgan fingerprint density at radius 3 is 2.42 bits per heavy atom. The number of amides is 1. The van der Waals surface area contributed by atoms with Crippen molar-refractivity contribution in [1.29, 1.82) is 0 Å². The van der Waals surface area contributed by atoms with E-state index in [1.165, 1.54) is 12.1 Å². The third-order valence-corrected chi connectivity index (χ3v) is 6.68. The number of hydrogen-bond donors (Lipinski definition) is 1. The fraction of sp³-hybridized carbons (Fsp3) is 0.364. The van der Waals surface area contributed by atoms with E-state index in [1.807, 2.05) is 6.07 Å². The highest BCUT2D eigenvalue weighted by Crippen LogP contribution is 2.33. The van der Waals surface area contributed by atoms with Gasteiger partial charge in [-0.05, 0) is 31.7 Å². The number of thiazole rings is 1. The van der Waals surface area contributed by atoms with Crippen LogP contribution in [0.4, 0.5) is 24.9 Å². The zero-order valence-corrected chi connectivity index (χ0v) is 19.0. The summed E-state index contributed by atoms with van der Waals surface area (Å²) in [4.78, 5) is 30.7. The average molecular weight is 477 g/mol. The van der Waals surface area contributed by atoms with Gasteiger partial charge in [-0.1, -0.05) is 19.1 Å². The summed E-state index contributed by atoms with van der Waals surface area (Å²) in [6, 6.07) is 6.54. The third kappa shape index (κ3) is 5.31. The molecule has 3 aromatic rings. The van der Waals surface area contributed by atoms with Crippen LogP contribution in [0, 0.1) is 6.92 Å². The molecule has 1 aliphatic rings. The molecule has 4 rings (SSSR count). The maximum absolute atomic E-state index is 12.8. The predicted molar refractivity (Wildman–Crippen MR) is 122 cm³/mol. The Kier molecular flexibility index (Phi) is 6.61. The largest absolute Gasteiger partial charge is 0.416 e. The third-order valence-electron chi connectivity index (χ3n) is 5.47. The molecule has 1 saturated heterocycles. The molecule has 0 saturated carbocycles.